The summed E-state index contributed by atoms with van der Waals surface area (Å²) in [5, 5.41) is 14.7. The lowest BCUT2D eigenvalue weighted by Gasteiger charge is -2.37. The van der Waals surface area contributed by atoms with Crippen LogP contribution in [0, 0.1) is 10.1 Å². The van der Waals surface area contributed by atoms with Gasteiger partial charge in [0.15, 0.2) is 5.76 Å². The summed E-state index contributed by atoms with van der Waals surface area (Å²) in [5.41, 5.74) is 1.04. The molecule has 1 fully saturated rings. The Balaban J connectivity index is 1.37. The van der Waals surface area contributed by atoms with E-state index in [1.54, 1.807) is 30.5 Å². The predicted molar refractivity (Wildman–Crippen MR) is 83.1 cm³/mol. The van der Waals surface area contributed by atoms with E-state index in [0.29, 0.717) is 24.0 Å². The van der Waals surface area contributed by atoms with Gasteiger partial charge in [0, 0.05) is 31.8 Å². The van der Waals surface area contributed by atoms with Crippen LogP contribution in [0.25, 0.3) is 11.6 Å². The van der Waals surface area contributed by atoms with E-state index in [0.717, 1.165) is 18.7 Å². The molecule has 0 saturated carbocycles. The third-order valence-electron chi connectivity index (χ3n) is 4.02. The fourth-order valence-electron chi connectivity index (χ4n) is 2.79. The molecule has 0 amide bonds. The second-order valence-corrected chi connectivity index (χ2v) is 5.75. The first-order chi connectivity index (χ1) is 11.7. The summed E-state index contributed by atoms with van der Waals surface area (Å²) in [7, 11) is 0. The summed E-state index contributed by atoms with van der Waals surface area (Å²) < 4.78 is 10.5. The number of benzene rings is 1. The first-order valence-corrected chi connectivity index (χ1v) is 7.52. The van der Waals surface area contributed by atoms with Gasteiger partial charge < -0.3 is 8.94 Å². The van der Waals surface area contributed by atoms with Gasteiger partial charge in [0.1, 0.15) is 0 Å². The smallest absolute Gasteiger partial charge is 0.269 e. The molecule has 0 aliphatic carbocycles. The van der Waals surface area contributed by atoms with Gasteiger partial charge in [-0.2, -0.15) is 4.98 Å². The van der Waals surface area contributed by atoms with E-state index >= 15 is 0 Å². The Bertz CT molecular complexity index is 853. The summed E-state index contributed by atoms with van der Waals surface area (Å²) in [4.78, 5) is 17.0. The molecule has 1 aromatic carbocycles. The average molecular weight is 326 g/mol. The van der Waals surface area contributed by atoms with Gasteiger partial charge in [-0.1, -0.05) is 17.3 Å². The molecule has 2 aromatic heterocycles. The van der Waals surface area contributed by atoms with Gasteiger partial charge in [-0.05, 0) is 17.7 Å². The standard InChI is InChI=1S/C16H14N4O4/c21-20(22)13-4-1-3-11(7-13)8-19-9-12(10-19)16-17-15(18-24-16)14-5-2-6-23-14/h1-7,12H,8-10H2. The highest BCUT2D eigenvalue weighted by atomic mass is 16.6. The fraction of sp³-hybridized carbons (Fsp3) is 0.250. The van der Waals surface area contributed by atoms with Crippen LogP contribution in [0.15, 0.2) is 51.6 Å². The van der Waals surface area contributed by atoms with Crippen molar-refractivity contribution in [1.29, 1.82) is 0 Å². The zero-order chi connectivity index (χ0) is 16.5. The molecular formula is C16H14N4O4. The van der Waals surface area contributed by atoms with Gasteiger partial charge in [-0.3, -0.25) is 15.0 Å². The third-order valence-corrected chi connectivity index (χ3v) is 4.02. The number of likely N-dealkylation sites (tertiary alicyclic amines) is 1. The summed E-state index contributed by atoms with van der Waals surface area (Å²) >= 11 is 0. The minimum Gasteiger partial charge on any atom is -0.461 e. The van der Waals surface area contributed by atoms with Crippen molar-refractivity contribution in [2.75, 3.05) is 13.1 Å². The highest BCUT2D eigenvalue weighted by Gasteiger charge is 2.32. The Labute approximate surface area is 136 Å². The average Bonchev–Trinajstić information content (AvgIpc) is 3.21. The predicted octanol–water partition coefficient (Wildman–Crippen LogP) is 2.84. The van der Waals surface area contributed by atoms with Crippen molar-refractivity contribution in [1.82, 2.24) is 15.0 Å². The van der Waals surface area contributed by atoms with Crippen LogP contribution in [0.5, 0.6) is 0 Å². The number of hydrogen-bond donors (Lipinski definition) is 0. The van der Waals surface area contributed by atoms with Crippen LogP contribution in [0.2, 0.25) is 0 Å². The number of non-ortho nitro benzene ring substituents is 1. The van der Waals surface area contributed by atoms with Crippen LogP contribution in [0.3, 0.4) is 0 Å². The maximum absolute atomic E-state index is 10.8. The minimum atomic E-state index is -0.378. The number of nitro benzene ring substituents is 1. The molecule has 0 N–H and O–H groups in total. The molecule has 24 heavy (non-hydrogen) atoms. The topological polar surface area (TPSA) is 98.4 Å². The van der Waals surface area contributed by atoms with E-state index in [2.05, 4.69) is 15.0 Å². The third kappa shape index (κ3) is 2.79. The van der Waals surface area contributed by atoms with Gasteiger partial charge in [-0.25, -0.2) is 0 Å². The summed E-state index contributed by atoms with van der Waals surface area (Å²) in [6.45, 7) is 2.22. The van der Waals surface area contributed by atoms with E-state index in [-0.39, 0.29) is 16.5 Å². The number of hydrogen-bond acceptors (Lipinski definition) is 7. The molecule has 1 aliphatic heterocycles. The molecule has 8 heteroatoms. The molecule has 4 rings (SSSR count). The van der Waals surface area contributed by atoms with Gasteiger partial charge in [0.05, 0.1) is 17.1 Å². The van der Waals surface area contributed by atoms with Crippen LogP contribution >= 0.6 is 0 Å². The lowest BCUT2D eigenvalue weighted by Crippen LogP contribution is -2.44. The second kappa shape index (κ2) is 5.89. The Morgan fingerprint density at radius 3 is 2.92 bits per heavy atom. The molecule has 8 nitrogen and oxygen atoms in total. The zero-order valence-electron chi connectivity index (χ0n) is 12.7. The van der Waals surface area contributed by atoms with Crippen LogP contribution in [0.4, 0.5) is 5.69 Å². The number of nitrogens with zero attached hydrogens (tertiary/aromatic N) is 4. The van der Waals surface area contributed by atoms with Gasteiger partial charge in [-0.15, -0.1) is 0 Å². The lowest BCUT2D eigenvalue weighted by atomic mass is 9.99. The van der Waals surface area contributed by atoms with Crippen molar-refractivity contribution in [3.8, 4) is 11.6 Å². The molecule has 0 spiro atoms. The maximum atomic E-state index is 10.8. The quantitative estimate of drug-likeness (QED) is 0.525. The van der Waals surface area contributed by atoms with E-state index in [1.165, 1.54) is 6.07 Å². The maximum Gasteiger partial charge on any atom is 0.269 e. The molecular weight excluding hydrogens is 312 g/mol. The zero-order valence-corrected chi connectivity index (χ0v) is 12.7. The number of nitro groups is 1. The van der Waals surface area contributed by atoms with Crippen LogP contribution in [-0.4, -0.2) is 33.1 Å². The molecule has 0 bridgehead atoms. The minimum absolute atomic E-state index is 0.115. The van der Waals surface area contributed by atoms with Crippen molar-refractivity contribution in [2.45, 2.75) is 12.5 Å². The van der Waals surface area contributed by atoms with Crippen molar-refractivity contribution < 1.29 is 13.9 Å². The van der Waals surface area contributed by atoms with Crippen molar-refractivity contribution in [3.05, 3.63) is 64.2 Å². The van der Waals surface area contributed by atoms with Crippen molar-refractivity contribution >= 4 is 5.69 Å². The molecule has 3 aromatic rings. The number of aromatic nitrogens is 2. The molecule has 0 atom stereocenters. The van der Waals surface area contributed by atoms with Crippen LogP contribution in [-0.2, 0) is 6.54 Å². The Kier molecular flexibility index (Phi) is 3.58. The highest BCUT2D eigenvalue weighted by Crippen LogP contribution is 2.29. The summed E-state index contributed by atoms with van der Waals surface area (Å²) in [5.74, 6) is 1.81. The lowest BCUT2D eigenvalue weighted by molar-refractivity contribution is -0.384. The van der Waals surface area contributed by atoms with Crippen LogP contribution < -0.4 is 0 Å². The van der Waals surface area contributed by atoms with E-state index in [4.69, 9.17) is 8.94 Å². The van der Waals surface area contributed by atoms with Gasteiger partial charge in [0.2, 0.25) is 11.7 Å². The fourth-order valence-corrected chi connectivity index (χ4v) is 2.79. The normalized spacial score (nSPS) is 15.3. The molecule has 3 heterocycles. The molecule has 0 radical (unpaired) electrons. The first-order valence-electron chi connectivity index (χ1n) is 7.52. The Morgan fingerprint density at radius 2 is 2.17 bits per heavy atom. The molecule has 1 saturated heterocycles. The molecule has 0 unspecified atom stereocenters. The summed E-state index contributed by atoms with van der Waals surface area (Å²) in [6, 6.07) is 10.3. The highest BCUT2D eigenvalue weighted by molar-refractivity contribution is 5.44. The summed E-state index contributed by atoms with van der Waals surface area (Å²) in [6.07, 6.45) is 1.56. The van der Waals surface area contributed by atoms with Crippen molar-refractivity contribution in [3.63, 3.8) is 0 Å². The van der Waals surface area contributed by atoms with Gasteiger partial charge >= 0.3 is 0 Å². The van der Waals surface area contributed by atoms with Crippen LogP contribution in [0.1, 0.15) is 17.4 Å². The number of rotatable bonds is 5. The van der Waals surface area contributed by atoms with Gasteiger partial charge in [0.25, 0.3) is 5.69 Å². The Morgan fingerprint density at radius 1 is 1.29 bits per heavy atom. The SMILES string of the molecule is O=[N+]([O-])c1cccc(CN2CC(c3nc(-c4ccco4)no3)C2)c1. The van der Waals surface area contributed by atoms with Crippen molar-refractivity contribution in [2.24, 2.45) is 0 Å². The van der Waals surface area contributed by atoms with E-state index in [9.17, 15) is 10.1 Å². The Hall–Kier alpha value is -3.00. The second-order valence-electron chi connectivity index (χ2n) is 5.75. The molecule has 122 valence electrons. The van der Waals surface area contributed by atoms with E-state index < -0.39 is 0 Å². The number of furan rings is 1. The first kappa shape index (κ1) is 14.6. The molecule has 1 aliphatic rings. The monoisotopic (exact) mass is 326 g/mol. The van der Waals surface area contributed by atoms with E-state index in [1.807, 2.05) is 6.07 Å². The largest absolute Gasteiger partial charge is 0.461 e.